The Labute approximate surface area is 117 Å². The van der Waals surface area contributed by atoms with E-state index in [4.69, 9.17) is 0 Å². The van der Waals surface area contributed by atoms with Crippen LogP contribution in [0.15, 0.2) is 5.38 Å². The lowest BCUT2D eigenvalue weighted by Gasteiger charge is -2.14. The van der Waals surface area contributed by atoms with Gasteiger partial charge in [0.05, 0.1) is 24.4 Å². The van der Waals surface area contributed by atoms with E-state index in [0.717, 1.165) is 10.7 Å². The van der Waals surface area contributed by atoms with Crippen LogP contribution < -0.4 is 10.6 Å². The zero-order valence-electron chi connectivity index (χ0n) is 11.6. The van der Waals surface area contributed by atoms with Crippen LogP contribution in [0.5, 0.6) is 0 Å². The summed E-state index contributed by atoms with van der Waals surface area (Å²) < 4.78 is 0. The number of hydrogen-bond acceptors (Lipinski definition) is 5. The minimum Gasteiger partial charge on any atom is -0.392 e. The number of aliphatic hydroxyl groups excluding tert-OH is 1. The van der Waals surface area contributed by atoms with Gasteiger partial charge in [-0.1, -0.05) is 20.8 Å². The fourth-order valence-electron chi connectivity index (χ4n) is 1.94. The van der Waals surface area contributed by atoms with Gasteiger partial charge in [-0.3, -0.25) is 4.79 Å². The van der Waals surface area contributed by atoms with E-state index in [9.17, 15) is 9.90 Å². The molecule has 3 N–H and O–H groups in total. The predicted molar refractivity (Wildman–Crippen MR) is 75.1 cm³/mol. The van der Waals surface area contributed by atoms with E-state index >= 15 is 0 Å². The van der Waals surface area contributed by atoms with E-state index < -0.39 is 6.10 Å². The molecule has 1 amide bonds. The smallest absolute Gasteiger partial charge is 0.237 e. The van der Waals surface area contributed by atoms with Crippen LogP contribution >= 0.6 is 11.3 Å². The molecule has 1 aromatic heterocycles. The van der Waals surface area contributed by atoms with Gasteiger partial charge in [-0.25, -0.2) is 4.98 Å². The van der Waals surface area contributed by atoms with Gasteiger partial charge >= 0.3 is 0 Å². The second-order valence-electron chi connectivity index (χ2n) is 5.94. The molecule has 1 saturated heterocycles. The number of hydrogen-bond donors (Lipinski definition) is 3. The first-order valence-electron chi connectivity index (χ1n) is 6.50. The first kappa shape index (κ1) is 14.4. The molecule has 0 aromatic carbocycles. The van der Waals surface area contributed by atoms with Crippen molar-refractivity contribution in [3.63, 3.8) is 0 Å². The maximum atomic E-state index is 11.9. The molecule has 0 saturated carbocycles. The number of aromatic nitrogens is 1. The molecular formula is C13H21N3O2S. The maximum absolute atomic E-state index is 11.9. The molecule has 5 nitrogen and oxygen atoms in total. The fourth-order valence-corrected chi connectivity index (χ4v) is 2.90. The van der Waals surface area contributed by atoms with Crippen LogP contribution in [0.4, 0.5) is 0 Å². The summed E-state index contributed by atoms with van der Waals surface area (Å²) in [5, 5.41) is 18.2. The van der Waals surface area contributed by atoms with E-state index in [2.05, 4.69) is 36.4 Å². The van der Waals surface area contributed by atoms with Crippen molar-refractivity contribution in [1.29, 1.82) is 0 Å². The Balaban J connectivity index is 1.85. The normalized spacial score (nSPS) is 23.6. The number of β-amino-alcohol motifs (C(OH)–C–C–N with tert-alkyl or cyclic N) is 1. The van der Waals surface area contributed by atoms with Crippen molar-refractivity contribution < 1.29 is 9.90 Å². The van der Waals surface area contributed by atoms with E-state index in [-0.39, 0.29) is 17.4 Å². The highest BCUT2D eigenvalue weighted by Gasteiger charge is 2.27. The van der Waals surface area contributed by atoms with Gasteiger partial charge in [-0.05, 0) is 6.42 Å². The molecule has 0 bridgehead atoms. The molecule has 19 heavy (non-hydrogen) atoms. The standard InChI is InChI=1S/C13H21N3O2S/c1-13(2,3)10-7-19-11(16-10)6-15-12(18)9-4-8(17)5-14-9/h7-9,14,17H,4-6H2,1-3H3,(H,15,18). The molecule has 2 heterocycles. The first-order valence-corrected chi connectivity index (χ1v) is 7.38. The molecule has 1 fully saturated rings. The molecule has 2 atom stereocenters. The summed E-state index contributed by atoms with van der Waals surface area (Å²) in [5.74, 6) is -0.0657. The molecule has 2 rings (SSSR count). The number of nitrogens with one attached hydrogen (secondary N) is 2. The van der Waals surface area contributed by atoms with Gasteiger partial charge in [-0.2, -0.15) is 0 Å². The van der Waals surface area contributed by atoms with Crippen LogP contribution in [0.1, 0.15) is 37.9 Å². The monoisotopic (exact) mass is 283 g/mol. The van der Waals surface area contributed by atoms with Crippen LogP contribution in [0.2, 0.25) is 0 Å². The van der Waals surface area contributed by atoms with E-state index in [1.165, 1.54) is 0 Å². The Hall–Kier alpha value is -0.980. The summed E-state index contributed by atoms with van der Waals surface area (Å²) in [6, 6.07) is -0.281. The van der Waals surface area contributed by atoms with Crippen molar-refractivity contribution in [1.82, 2.24) is 15.6 Å². The number of rotatable bonds is 3. The van der Waals surface area contributed by atoms with Gasteiger partial charge in [0.15, 0.2) is 0 Å². The zero-order valence-corrected chi connectivity index (χ0v) is 12.4. The van der Waals surface area contributed by atoms with Crippen LogP contribution in [-0.2, 0) is 16.8 Å². The summed E-state index contributed by atoms with van der Waals surface area (Å²) in [6.07, 6.45) is 0.0693. The molecule has 1 aliphatic rings. The average Bonchev–Trinajstić information content (AvgIpc) is 2.93. The number of nitrogens with zero attached hydrogens (tertiary/aromatic N) is 1. The van der Waals surface area contributed by atoms with Crippen LogP contribution in [0.25, 0.3) is 0 Å². The SMILES string of the molecule is CC(C)(C)c1csc(CNC(=O)C2CC(O)CN2)n1. The lowest BCUT2D eigenvalue weighted by atomic mass is 9.93. The van der Waals surface area contributed by atoms with E-state index in [0.29, 0.717) is 19.5 Å². The molecular weight excluding hydrogens is 262 g/mol. The third-order valence-electron chi connectivity index (χ3n) is 3.16. The van der Waals surface area contributed by atoms with Crippen molar-refractivity contribution in [2.45, 2.75) is 51.3 Å². The molecule has 0 spiro atoms. The highest BCUT2D eigenvalue weighted by molar-refractivity contribution is 7.09. The lowest BCUT2D eigenvalue weighted by molar-refractivity contribution is -0.123. The third-order valence-corrected chi connectivity index (χ3v) is 4.01. The van der Waals surface area contributed by atoms with Crippen LogP contribution in [-0.4, -0.2) is 34.7 Å². The number of carbonyl (C=O) groups is 1. The topological polar surface area (TPSA) is 74.2 Å². The Morgan fingerprint density at radius 2 is 2.37 bits per heavy atom. The Kier molecular flexibility index (Phi) is 4.23. The maximum Gasteiger partial charge on any atom is 0.237 e. The summed E-state index contributed by atoms with van der Waals surface area (Å²) in [7, 11) is 0. The van der Waals surface area contributed by atoms with Crippen molar-refractivity contribution in [2.75, 3.05) is 6.54 Å². The summed E-state index contributed by atoms with van der Waals surface area (Å²) in [6.45, 7) is 7.30. The molecule has 1 aliphatic heterocycles. The third kappa shape index (κ3) is 3.75. The Morgan fingerprint density at radius 1 is 1.63 bits per heavy atom. The van der Waals surface area contributed by atoms with Gasteiger partial charge in [-0.15, -0.1) is 11.3 Å². The summed E-state index contributed by atoms with van der Waals surface area (Å²) in [5.41, 5.74) is 1.09. The minimum absolute atomic E-state index is 0.0376. The van der Waals surface area contributed by atoms with Crippen molar-refractivity contribution in [3.8, 4) is 0 Å². The second-order valence-corrected chi connectivity index (χ2v) is 6.89. The predicted octanol–water partition coefficient (Wildman–Crippen LogP) is 0.780. The average molecular weight is 283 g/mol. The second kappa shape index (κ2) is 5.56. The van der Waals surface area contributed by atoms with Gasteiger partial charge in [0, 0.05) is 17.3 Å². The van der Waals surface area contributed by atoms with Crippen molar-refractivity contribution in [3.05, 3.63) is 16.1 Å². The highest BCUT2D eigenvalue weighted by Crippen LogP contribution is 2.23. The molecule has 106 valence electrons. The Morgan fingerprint density at radius 3 is 2.89 bits per heavy atom. The first-order chi connectivity index (χ1) is 8.86. The summed E-state index contributed by atoms with van der Waals surface area (Å²) in [4.78, 5) is 16.4. The largest absolute Gasteiger partial charge is 0.392 e. The van der Waals surface area contributed by atoms with Gasteiger partial charge < -0.3 is 15.7 Å². The van der Waals surface area contributed by atoms with Gasteiger partial charge in [0.2, 0.25) is 5.91 Å². The minimum atomic E-state index is -0.414. The van der Waals surface area contributed by atoms with E-state index in [1.54, 1.807) is 11.3 Å². The quantitative estimate of drug-likeness (QED) is 0.766. The van der Waals surface area contributed by atoms with Crippen LogP contribution in [0.3, 0.4) is 0 Å². The summed E-state index contributed by atoms with van der Waals surface area (Å²) >= 11 is 1.57. The van der Waals surface area contributed by atoms with Crippen molar-refractivity contribution >= 4 is 17.2 Å². The van der Waals surface area contributed by atoms with Gasteiger partial charge in [0.25, 0.3) is 0 Å². The zero-order chi connectivity index (χ0) is 14.0. The highest BCUT2D eigenvalue weighted by atomic mass is 32.1. The molecule has 1 aromatic rings. The Bertz CT molecular complexity index is 453. The molecule has 0 radical (unpaired) electrons. The number of aliphatic hydroxyl groups is 1. The lowest BCUT2D eigenvalue weighted by Crippen LogP contribution is -2.40. The number of carbonyl (C=O) groups excluding carboxylic acids is 1. The molecule has 2 unspecified atom stereocenters. The number of amides is 1. The van der Waals surface area contributed by atoms with E-state index in [1.807, 2.05) is 5.38 Å². The molecule has 6 heteroatoms. The van der Waals surface area contributed by atoms with Gasteiger partial charge in [0.1, 0.15) is 5.01 Å². The molecule has 0 aliphatic carbocycles. The fraction of sp³-hybridized carbons (Fsp3) is 0.692. The van der Waals surface area contributed by atoms with Crippen LogP contribution in [0, 0.1) is 0 Å². The number of thiazole rings is 1. The van der Waals surface area contributed by atoms with Crippen molar-refractivity contribution in [2.24, 2.45) is 0 Å².